The van der Waals surface area contributed by atoms with Gasteiger partial charge in [-0.1, -0.05) is 31.4 Å². The summed E-state index contributed by atoms with van der Waals surface area (Å²) in [5.41, 5.74) is 2.05. The summed E-state index contributed by atoms with van der Waals surface area (Å²) < 4.78 is 5.30. The van der Waals surface area contributed by atoms with Crippen LogP contribution in [0.25, 0.3) is 0 Å². The lowest BCUT2D eigenvalue weighted by atomic mass is 9.67. The molecule has 0 saturated heterocycles. The molecule has 2 rings (SSSR count). The standard InChI is InChI=1S/C16H22O2/c1-12-11-14(7-8-15(12)18-3)16(13(2)17)9-5-4-6-10-16/h7-8,11H,4-6,9-10H2,1-3H3. The first-order valence-corrected chi connectivity index (χ1v) is 6.76. The number of carbonyl (C=O) groups is 1. The fourth-order valence-electron chi connectivity index (χ4n) is 3.18. The van der Waals surface area contributed by atoms with Crippen LogP contribution in [0.1, 0.15) is 50.2 Å². The second-order valence-corrected chi connectivity index (χ2v) is 5.38. The average molecular weight is 246 g/mol. The summed E-state index contributed by atoms with van der Waals surface area (Å²) >= 11 is 0. The third-order valence-corrected chi connectivity index (χ3v) is 4.33. The van der Waals surface area contributed by atoms with Gasteiger partial charge in [0.05, 0.1) is 12.5 Å². The van der Waals surface area contributed by atoms with Gasteiger partial charge >= 0.3 is 0 Å². The lowest BCUT2D eigenvalue weighted by Gasteiger charge is -2.35. The van der Waals surface area contributed by atoms with Crippen LogP contribution in [-0.2, 0) is 10.2 Å². The number of ether oxygens (including phenoxy) is 1. The number of hydrogen-bond donors (Lipinski definition) is 0. The highest BCUT2D eigenvalue weighted by Gasteiger charge is 2.38. The molecular weight excluding hydrogens is 224 g/mol. The van der Waals surface area contributed by atoms with Gasteiger partial charge in [0.1, 0.15) is 11.5 Å². The predicted molar refractivity (Wildman–Crippen MR) is 73.2 cm³/mol. The summed E-state index contributed by atoms with van der Waals surface area (Å²) in [4.78, 5) is 12.2. The van der Waals surface area contributed by atoms with Crippen LogP contribution < -0.4 is 4.74 Å². The van der Waals surface area contributed by atoms with Crippen molar-refractivity contribution in [1.29, 1.82) is 0 Å². The van der Waals surface area contributed by atoms with Crippen molar-refractivity contribution in [2.24, 2.45) is 0 Å². The Labute approximate surface area is 109 Å². The molecule has 2 heteroatoms. The molecule has 0 spiro atoms. The van der Waals surface area contributed by atoms with Crippen molar-refractivity contribution in [3.63, 3.8) is 0 Å². The van der Waals surface area contributed by atoms with Crippen molar-refractivity contribution < 1.29 is 9.53 Å². The fourth-order valence-corrected chi connectivity index (χ4v) is 3.18. The molecule has 1 aromatic rings. The van der Waals surface area contributed by atoms with E-state index in [0.29, 0.717) is 5.78 Å². The number of hydrogen-bond acceptors (Lipinski definition) is 2. The molecule has 0 N–H and O–H groups in total. The smallest absolute Gasteiger partial charge is 0.140 e. The number of rotatable bonds is 3. The Morgan fingerprint density at radius 2 is 1.89 bits per heavy atom. The Hall–Kier alpha value is -1.31. The monoisotopic (exact) mass is 246 g/mol. The van der Waals surface area contributed by atoms with Crippen LogP contribution in [0.2, 0.25) is 0 Å². The van der Waals surface area contributed by atoms with Crippen molar-refractivity contribution in [2.75, 3.05) is 7.11 Å². The number of benzene rings is 1. The van der Waals surface area contributed by atoms with Gasteiger partial charge in [-0.25, -0.2) is 0 Å². The van der Waals surface area contributed by atoms with Crippen LogP contribution in [0.4, 0.5) is 0 Å². The first-order chi connectivity index (χ1) is 8.60. The van der Waals surface area contributed by atoms with Crippen LogP contribution in [0.15, 0.2) is 18.2 Å². The van der Waals surface area contributed by atoms with Gasteiger partial charge in [0, 0.05) is 0 Å². The minimum Gasteiger partial charge on any atom is -0.496 e. The molecule has 0 heterocycles. The first-order valence-electron chi connectivity index (χ1n) is 6.76. The van der Waals surface area contributed by atoms with E-state index in [1.165, 1.54) is 12.0 Å². The van der Waals surface area contributed by atoms with Crippen LogP contribution in [0, 0.1) is 6.92 Å². The summed E-state index contributed by atoms with van der Waals surface area (Å²) in [6, 6.07) is 6.19. The number of aryl methyl sites for hydroxylation is 1. The predicted octanol–water partition coefficient (Wildman–Crippen LogP) is 3.79. The second kappa shape index (κ2) is 5.13. The maximum atomic E-state index is 12.2. The van der Waals surface area contributed by atoms with Crippen molar-refractivity contribution >= 4 is 5.78 Å². The zero-order valence-electron chi connectivity index (χ0n) is 11.6. The first kappa shape index (κ1) is 13.1. The number of carbonyl (C=O) groups excluding carboxylic acids is 1. The Morgan fingerprint density at radius 1 is 1.22 bits per heavy atom. The van der Waals surface area contributed by atoms with Gasteiger partial charge < -0.3 is 4.74 Å². The van der Waals surface area contributed by atoms with Crippen molar-refractivity contribution in [3.05, 3.63) is 29.3 Å². The van der Waals surface area contributed by atoms with Gasteiger partial charge in [0.25, 0.3) is 0 Å². The molecule has 1 fully saturated rings. The summed E-state index contributed by atoms with van der Waals surface area (Å²) in [7, 11) is 1.68. The fraction of sp³-hybridized carbons (Fsp3) is 0.562. The number of methoxy groups -OCH3 is 1. The maximum Gasteiger partial charge on any atom is 0.140 e. The van der Waals surface area contributed by atoms with Crippen molar-refractivity contribution in [2.45, 2.75) is 51.4 Å². The molecule has 0 atom stereocenters. The highest BCUT2D eigenvalue weighted by atomic mass is 16.5. The van der Waals surface area contributed by atoms with E-state index in [1.54, 1.807) is 14.0 Å². The Balaban J connectivity index is 2.43. The molecule has 1 aromatic carbocycles. The van der Waals surface area contributed by atoms with Gasteiger partial charge in [0.2, 0.25) is 0 Å². The number of ketones is 1. The van der Waals surface area contributed by atoms with E-state index in [-0.39, 0.29) is 5.41 Å². The molecule has 18 heavy (non-hydrogen) atoms. The van der Waals surface area contributed by atoms with Gasteiger partial charge in [-0.2, -0.15) is 0 Å². The topological polar surface area (TPSA) is 26.3 Å². The van der Waals surface area contributed by atoms with Crippen LogP contribution >= 0.6 is 0 Å². The lowest BCUT2D eigenvalue weighted by Crippen LogP contribution is -2.36. The Morgan fingerprint density at radius 3 is 2.39 bits per heavy atom. The van der Waals surface area contributed by atoms with Crippen LogP contribution in [0.3, 0.4) is 0 Å². The van der Waals surface area contributed by atoms with Gasteiger partial charge in [-0.15, -0.1) is 0 Å². The molecular formula is C16H22O2. The molecule has 0 amide bonds. The van der Waals surface area contributed by atoms with E-state index in [0.717, 1.165) is 37.0 Å². The SMILES string of the molecule is COc1ccc(C2(C(C)=O)CCCCC2)cc1C. The minimum absolute atomic E-state index is 0.241. The van der Waals surface area contributed by atoms with E-state index in [2.05, 4.69) is 12.1 Å². The molecule has 1 aliphatic carbocycles. The third kappa shape index (κ3) is 2.16. The highest BCUT2D eigenvalue weighted by molar-refractivity contribution is 5.88. The second-order valence-electron chi connectivity index (χ2n) is 5.38. The largest absolute Gasteiger partial charge is 0.496 e. The summed E-state index contributed by atoms with van der Waals surface area (Å²) in [6.07, 6.45) is 5.56. The zero-order valence-corrected chi connectivity index (χ0v) is 11.6. The Kier molecular flexibility index (Phi) is 3.74. The Bertz CT molecular complexity index is 442. The van der Waals surface area contributed by atoms with E-state index in [9.17, 15) is 4.79 Å². The third-order valence-electron chi connectivity index (χ3n) is 4.33. The van der Waals surface area contributed by atoms with Crippen LogP contribution in [-0.4, -0.2) is 12.9 Å². The molecule has 0 unspecified atom stereocenters. The van der Waals surface area contributed by atoms with Crippen LogP contribution in [0.5, 0.6) is 5.75 Å². The van der Waals surface area contributed by atoms with Gasteiger partial charge in [-0.05, 0) is 43.9 Å². The van der Waals surface area contributed by atoms with Gasteiger partial charge in [-0.3, -0.25) is 4.79 Å². The normalized spacial score (nSPS) is 18.4. The lowest BCUT2D eigenvalue weighted by molar-refractivity contribution is -0.123. The van der Waals surface area contributed by atoms with Crippen molar-refractivity contribution in [3.8, 4) is 5.75 Å². The zero-order chi connectivity index (χ0) is 13.2. The van der Waals surface area contributed by atoms with E-state index in [1.807, 2.05) is 13.0 Å². The molecule has 1 aliphatic rings. The molecule has 0 aliphatic heterocycles. The van der Waals surface area contributed by atoms with E-state index in [4.69, 9.17) is 4.74 Å². The molecule has 98 valence electrons. The average Bonchev–Trinajstić information content (AvgIpc) is 2.39. The highest BCUT2D eigenvalue weighted by Crippen LogP contribution is 2.41. The summed E-state index contributed by atoms with van der Waals surface area (Å²) in [5, 5.41) is 0. The van der Waals surface area contributed by atoms with E-state index < -0.39 is 0 Å². The maximum absolute atomic E-state index is 12.2. The molecule has 0 bridgehead atoms. The van der Waals surface area contributed by atoms with Gasteiger partial charge in [0.15, 0.2) is 0 Å². The summed E-state index contributed by atoms with van der Waals surface area (Å²) in [5.74, 6) is 1.21. The quantitative estimate of drug-likeness (QED) is 0.811. The molecule has 1 saturated carbocycles. The van der Waals surface area contributed by atoms with Crippen molar-refractivity contribution in [1.82, 2.24) is 0 Å². The minimum atomic E-state index is -0.241. The molecule has 2 nitrogen and oxygen atoms in total. The number of Topliss-reactive ketones (excluding diaryl/α,β-unsaturated/α-hetero) is 1. The molecule has 0 aromatic heterocycles. The summed E-state index contributed by atoms with van der Waals surface area (Å²) in [6.45, 7) is 3.78. The van der Waals surface area contributed by atoms with E-state index >= 15 is 0 Å². The molecule has 0 radical (unpaired) electrons.